The third-order valence-electron chi connectivity index (χ3n) is 2.31. The molecule has 1 rings (SSSR count). The number of rotatable bonds is 6. The Hall–Kier alpha value is -0.540. The Bertz CT molecular complexity index is 237. The van der Waals surface area contributed by atoms with E-state index in [4.69, 9.17) is 4.74 Å². The second kappa shape index (κ2) is 8.74. The van der Waals surface area contributed by atoms with Gasteiger partial charge >= 0.3 is 0 Å². The second-order valence-corrected chi connectivity index (χ2v) is 3.19. The fraction of sp³-hybridized carbons (Fsp3) is 0.500. The highest BCUT2D eigenvalue weighted by Crippen LogP contribution is 2.07. The number of hydrogen-bond acceptors (Lipinski definition) is 2. The van der Waals surface area contributed by atoms with E-state index in [2.05, 4.69) is 18.7 Å². The van der Waals surface area contributed by atoms with Crippen LogP contribution in [0.15, 0.2) is 30.3 Å². The summed E-state index contributed by atoms with van der Waals surface area (Å²) < 4.78 is 5.60. The van der Waals surface area contributed by atoms with Crippen LogP contribution in [0.3, 0.4) is 0 Å². The smallest absolute Gasteiger partial charge is 0.119 e. The van der Waals surface area contributed by atoms with Gasteiger partial charge in [0.2, 0.25) is 0 Å². The molecule has 0 spiro atoms. The lowest BCUT2D eigenvalue weighted by Crippen LogP contribution is -3.00. The maximum absolute atomic E-state index is 5.60. The fourth-order valence-electron chi connectivity index (χ4n) is 1.35. The van der Waals surface area contributed by atoms with Gasteiger partial charge in [0.15, 0.2) is 0 Å². The molecule has 0 aliphatic heterocycles. The molecule has 0 atom stereocenters. The van der Waals surface area contributed by atoms with Gasteiger partial charge in [-0.2, -0.15) is 0 Å². The summed E-state index contributed by atoms with van der Waals surface area (Å²) in [6.45, 7) is 8.30. The summed E-state index contributed by atoms with van der Waals surface area (Å²) >= 11 is 0. The molecule has 0 amide bonds. The summed E-state index contributed by atoms with van der Waals surface area (Å²) in [7, 11) is 0. The van der Waals surface area contributed by atoms with Gasteiger partial charge < -0.3 is 26.6 Å². The van der Waals surface area contributed by atoms with Crippen LogP contribution < -0.4 is 21.7 Å². The lowest BCUT2D eigenvalue weighted by atomic mass is 10.3. The molecular formula is C12H19BrNO-. The number of nitrogens with zero attached hydrogens (tertiary/aromatic N) is 1. The summed E-state index contributed by atoms with van der Waals surface area (Å²) in [5.74, 6) is 0.958. The van der Waals surface area contributed by atoms with Crippen molar-refractivity contribution in [3.05, 3.63) is 30.3 Å². The quantitative estimate of drug-likeness (QED) is 0.687. The van der Waals surface area contributed by atoms with Gasteiger partial charge in [-0.15, -0.1) is 0 Å². The molecule has 86 valence electrons. The molecule has 0 aliphatic carbocycles. The van der Waals surface area contributed by atoms with Crippen LogP contribution in [-0.4, -0.2) is 31.1 Å². The lowest BCUT2D eigenvalue weighted by molar-refractivity contribution is -0.00000349. The Labute approximate surface area is 103 Å². The van der Waals surface area contributed by atoms with Crippen LogP contribution in [0.4, 0.5) is 0 Å². The van der Waals surface area contributed by atoms with E-state index in [-0.39, 0.29) is 17.0 Å². The minimum Gasteiger partial charge on any atom is -1.00 e. The summed E-state index contributed by atoms with van der Waals surface area (Å²) in [6, 6.07) is 9.96. The van der Waals surface area contributed by atoms with Crippen molar-refractivity contribution in [2.75, 3.05) is 26.2 Å². The van der Waals surface area contributed by atoms with E-state index in [9.17, 15) is 0 Å². The predicted molar refractivity (Wildman–Crippen MR) is 59.7 cm³/mol. The highest BCUT2D eigenvalue weighted by atomic mass is 79.9. The third-order valence-corrected chi connectivity index (χ3v) is 2.31. The van der Waals surface area contributed by atoms with Crippen molar-refractivity contribution in [2.24, 2.45) is 0 Å². The molecule has 0 bridgehead atoms. The molecule has 0 saturated carbocycles. The largest absolute Gasteiger partial charge is 1.00 e. The first-order valence-corrected chi connectivity index (χ1v) is 5.27. The summed E-state index contributed by atoms with van der Waals surface area (Å²) in [6.07, 6.45) is 0. The highest BCUT2D eigenvalue weighted by molar-refractivity contribution is 5.20. The van der Waals surface area contributed by atoms with Gasteiger partial charge in [0.1, 0.15) is 12.4 Å². The molecule has 0 N–H and O–H groups in total. The van der Waals surface area contributed by atoms with E-state index in [0.717, 1.165) is 32.0 Å². The van der Waals surface area contributed by atoms with Crippen LogP contribution in [-0.2, 0) is 0 Å². The maximum atomic E-state index is 5.60. The minimum atomic E-state index is 0. The zero-order valence-electron chi connectivity index (χ0n) is 9.45. The van der Waals surface area contributed by atoms with Crippen molar-refractivity contribution >= 4 is 0 Å². The number of ether oxygens (including phenoxy) is 1. The van der Waals surface area contributed by atoms with E-state index in [1.54, 1.807) is 0 Å². The third kappa shape index (κ3) is 5.80. The van der Waals surface area contributed by atoms with Gasteiger partial charge in [0, 0.05) is 6.54 Å². The first-order chi connectivity index (χ1) is 6.86. The van der Waals surface area contributed by atoms with Gasteiger partial charge in [-0.25, -0.2) is 0 Å². The standard InChI is InChI=1S/C12H19NO.BrH/c1-3-13(4-2)10-11-14-12-8-6-5-7-9-12;/h5-9H,3-4,10-11H2,1-2H3;1H/p-1. The number of likely N-dealkylation sites (N-methyl/N-ethyl adjacent to an activating group) is 1. The van der Waals surface area contributed by atoms with E-state index >= 15 is 0 Å². The molecule has 2 nitrogen and oxygen atoms in total. The Morgan fingerprint density at radius 2 is 1.67 bits per heavy atom. The average molecular weight is 273 g/mol. The van der Waals surface area contributed by atoms with Crippen LogP contribution in [0, 0.1) is 0 Å². The molecular weight excluding hydrogens is 254 g/mol. The molecule has 1 aromatic rings. The minimum absolute atomic E-state index is 0. The number of hydrogen-bond donors (Lipinski definition) is 0. The molecule has 0 aromatic heterocycles. The topological polar surface area (TPSA) is 12.5 Å². The Morgan fingerprint density at radius 1 is 1.07 bits per heavy atom. The first kappa shape index (κ1) is 14.5. The number of benzene rings is 1. The molecule has 3 heteroatoms. The summed E-state index contributed by atoms with van der Waals surface area (Å²) in [5.41, 5.74) is 0. The van der Waals surface area contributed by atoms with Gasteiger partial charge in [-0.3, -0.25) is 0 Å². The molecule has 0 aliphatic rings. The molecule has 0 radical (unpaired) electrons. The zero-order chi connectivity index (χ0) is 10.2. The van der Waals surface area contributed by atoms with E-state index < -0.39 is 0 Å². The van der Waals surface area contributed by atoms with Crippen LogP contribution in [0.25, 0.3) is 0 Å². The van der Waals surface area contributed by atoms with Crippen molar-refractivity contribution in [1.29, 1.82) is 0 Å². The van der Waals surface area contributed by atoms with Gasteiger partial charge in [-0.05, 0) is 25.2 Å². The Balaban J connectivity index is 0.00000196. The summed E-state index contributed by atoms with van der Waals surface area (Å²) in [5, 5.41) is 0. The normalized spacial score (nSPS) is 9.80. The molecule has 0 unspecified atom stereocenters. The highest BCUT2D eigenvalue weighted by Gasteiger charge is 1.98. The maximum Gasteiger partial charge on any atom is 0.119 e. The monoisotopic (exact) mass is 272 g/mol. The number of para-hydroxylation sites is 1. The van der Waals surface area contributed by atoms with Crippen LogP contribution >= 0.6 is 0 Å². The van der Waals surface area contributed by atoms with Crippen molar-refractivity contribution in [2.45, 2.75) is 13.8 Å². The van der Waals surface area contributed by atoms with E-state index in [0.29, 0.717) is 0 Å². The molecule has 15 heavy (non-hydrogen) atoms. The van der Waals surface area contributed by atoms with Crippen LogP contribution in [0.1, 0.15) is 13.8 Å². The van der Waals surface area contributed by atoms with Crippen molar-refractivity contribution in [3.8, 4) is 5.75 Å². The lowest BCUT2D eigenvalue weighted by Gasteiger charge is -2.17. The zero-order valence-corrected chi connectivity index (χ0v) is 11.0. The van der Waals surface area contributed by atoms with Crippen LogP contribution in [0.2, 0.25) is 0 Å². The van der Waals surface area contributed by atoms with Crippen LogP contribution in [0.5, 0.6) is 5.75 Å². The Kier molecular flexibility index (Phi) is 8.43. The van der Waals surface area contributed by atoms with Gasteiger partial charge in [-0.1, -0.05) is 32.0 Å². The van der Waals surface area contributed by atoms with Crippen molar-refractivity contribution in [3.63, 3.8) is 0 Å². The van der Waals surface area contributed by atoms with Crippen molar-refractivity contribution < 1.29 is 21.7 Å². The fourth-order valence-corrected chi connectivity index (χ4v) is 1.35. The van der Waals surface area contributed by atoms with E-state index in [1.165, 1.54) is 0 Å². The predicted octanol–water partition coefficient (Wildman–Crippen LogP) is -0.589. The van der Waals surface area contributed by atoms with Gasteiger partial charge in [0.05, 0.1) is 0 Å². The first-order valence-electron chi connectivity index (χ1n) is 5.27. The van der Waals surface area contributed by atoms with Crippen molar-refractivity contribution in [1.82, 2.24) is 4.90 Å². The molecule has 0 fully saturated rings. The number of halogens is 1. The molecule has 1 aromatic carbocycles. The SMILES string of the molecule is CCN(CC)CCOc1ccccc1.[Br-]. The summed E-state index contributed by atoms with van der Waals surface area (Å²) in [4.78, 5) is 2.35. The Morgan fingerprint density at radius 3 is 2.20 bits per heavy atom. The second-order valence-electron chi connectivity index (χ2n) is 3.19. The molecule has 0 heterocycles. The van der Waals surface area contributed by atoms with Gasteiger partial charge in [0.25, 0.3) is 0 Å². The molecule has 0 saturated heterocycles. The average Bonchev–Trinajstić information content (AvgIpc) is 2.26. The van der Waals surface area contributed by atoms with E-state index in [1.807, 2.05) is 30.3 Å².